The summed E-state index contributed by atoms with van der Waals surface area (Å²) in [6.07, 6.45) is -5.03. The molecule has 1 heterocycles. The van der Waals surface area contributed by atoms with Gasteiger partial charge >= 0.3 is 12.3 Å². The number of hydrogen-bond donors (Lipinski definition) is 1. The average Bonchev–Trinajstić information content (AvgIpc) is 2.27. The number of esters is 1. The number of pyridine rings is 1. The first-order valence-electron chi connectivity index (χ1n) is 5.03. The van der Waals surface area contributed by atoms with Crippen molar-refractivity contribution in [2.45, 2.75) is 18.6 Å². The number of rotatable bonds is 4. The summed E-state index contributed by atoms with van der Waals surface area (Å²) in [7, 11) is 0. The van der Waals surface area contributed by atoms with Crippen molar-refractivity contribution in [3.63, 3.8) is 0 Å². The lowest BCUT2D eigenvalue weighted by atomic mass is 10.2. The predicted octanol–water partition coefficient (Wildman–Crippen LogP) is 2.35. The van der Waals surface area contributed by atoms with E-state index in [1.165, 1.54) is 6.92 Å². The summed E-state index contributed by atoms with van der Waals surface area (Å²) in [6.45, 7) is 1.48. The molecule has 1 N–H and O–H groups in total. The van der Waals surface area contributed by atoms with Crippen LogP contribution in [0.4, 0.5) is 13.2 Å². The van der Waals surface area contributed by atoms with Crippen LogP contribution < -0.4 is 10.3 Å². The summed E-state index contributed by atoms with van der Waals surface area (Å²) < 4.78 is 44.7. The molecule has 9 heteroatoms. The van der Waals surface area contributed by atoms with E-state index in [2.05, 4.69) is 25.4 Å². The van der Waals surface area contributed by atoms with Crippen molar-refractivity contribution in [1.29, 1.82) is 0 Å². The zero-order chi connectivity index (χ0) is 14.6. The lowest BCUT2D eigenvalue weighted by Crippen LogP contribution is -2.24. The Morgan fingerprint density at radius 3 is 2.58 bits per heavy atom. The molecule has 1 rings (SSSR count). The van der Waals surface area contributed by atoms with Gasteiger partial charge in [0.15, 0.2) is 0 Å². The van der Waals surface area contributed by atoms with E-state index in [0.717, 1.165) is 6.07 Å². The maximum absolute atomic E-state index is 12.2. The number of ether oxygens (including phenoxy) is 2. The molecule has 19 heavy (non-hydrogen) atoms. The molecule has 0 aliphatic heterocycles. The second-order valence-corrected chi connectivity index (χ2v) is 3.83. The molecule has 0 saturated heterocycles. The highest BCUT2D eigenvalue weighted by Gasteiger charge is 2.34. The molecule has 1 aromatic heterocycles. The molecule has 106 valence electrons. The van der Waals surface area contributed by atoms with Crippen LogP contribution in [-0.4, -0.2) is 23.9 Å². The van der Waals surface area contributed by atoms with Crippen molar-refractivity contribution in [3.05, 3.63) is 27.5 Å². The molecule has 0 saturated carbocycles. The van der Waals surface area contributed by atoms with Crippen LogP contribution >= 0.6 is 15.9 Å². The van der Waals surface area contributed by atoms with Gasteiger partial charge in [-0.1, -0.05) is 15.9 Å². The quantitative estimate of drug-likeness (QED) is 0.673. The topological polar surface area (TPSA) is 68.4 Å². The number of halogens is 4. The SMILES string of the molecule is CCOC(=O)c1cc(CBr)c(=O)[nH]c1OC(F)(F)F. The van der Waals surface area contributed by atoms with E-state index in [-0.39, 0.29) is 17.5 Å². The van der Waals surface area contributed by atoms with Gasteiger partial charge < -0.3 is 9.47 Å². The number of carbonyl (C=O) groups excluding carboxylic acids is 1. The summed E-state index contributed by atoms with van der Waals surface area (Å²) in [5.74, 6) is -2.00. The average molecular weight is 344 g/mol. The molecule has 5 nitrogen and oxygen atoms in total. The van der Waals surface area contributed by atoms with Crippen LogP contribution in [-0.2, 0) is 10.1 Å². The lowest BCUT2D eigenvalue weighted by molar-refractivity contribution is -0.276. The van der Waals surface area contributed by atoms with E-state index >= 15 is 0 Å². The molecule has 0 radical (unpaired) electrons. The first-order chi connectivity index (χ1) is 8.78. The minimum absolute atomic E-state index is 0.0208. The minimum Gasteiger partial charge on any atom is -0.462 e. The largest absolute Gasteiger partial charge is 0.574 e. The second kappa shape index (κ2) is 6.09. The highest BCUT2D eigenvalue weighted by atomic mass is 79.9. The van der Waals surface area contributed by atoms with Gasteiger partial charge in [-0.2, -0.15) is 0 Å². The molecule has 0 aromatic carbocycles. The first-order valence-corrected chi connectivity index (χ1v) is 6.15. The Morgan fingerprint density at radius 1 is 1.47 bits per heavy atom. The normalized spacial score (nSPS) is 11.2. The summed E-state index contributed by atoms with van der Waals surface area (Å²) in [4.78, 5) is 24.8. The number of aromatic nitrogens is 1. The summed E-state index contributed by atoms with van der Waals surface area (Å²) >= 11 is 2.98. The maximum Gasteiger partial charge on any atom is 0.574 e. The Hall–Kier alpha value is -1.51. The highest BCUT2D eigenvalue weighted by molar-refractivity contribution is 9.08. The lowest BCUT2D eigenvalue weighted by Gasteiger charge is -2.12. The van der Waals surface area contributed by atoms with Crippen molar-refractivity contribution in [2.24, 2.45) is 0 Å². The standard InChI is InChI=1S/C10H9BrF3NO4/c1-2-18-9(17)6-3-5(4-11)7(16)15-8(6)19-10(12,13)14/h3H,2,4H2,1H3,(H,15,16). The summed E-state index contributed by atoms with van der Waals surface area (Å²) in [5, 5.41) is 0.0705. The van der Waals surface area contributed by atoms with Crippen LogP contribution in [0.15, 0.2) is 10.9 Å². The van der Waals surface area contributed by atoms with Crippen LogP contribution in [0.2, 0.25) is 0 Å². The number of carbonyl (C=O) groups is 1. The van der Waals surface area contributed by atoms with Gasteiger partial charge in [0.25, 0.3) is 5.56 Å². The maximum atomic E-state index is 12.2. The van der Waals surface area contributed by atoms with Crippen molar-refractivity contribution < 1.29 is 27.4 Å². The molecule has 1 aromatic rings. The van der Waals surface area contributed by atoms with E-state index in [1.807, 2.05) is 4.98 Å². The zero-order valence-electron chi connectivity index (χ0n) is 9.64. The van der Waals surface area contributed by atoms with E-state index in [4.69, 9.17) is 0 Å². The van der Waals surface area contributed by atoms with E-state index < -0.39 is 29.3 Å². The molecule has 0 fully saturated rings. The first kappa shape index (κ1) is 15.5. The van der Waals surface area contributed by atoms with Crippen LogP contribution in [0, 0.1) is 0 Å². The van der Waals surface area contributed by atoms with E-state index in [1.54, 1.807) is 0 Å². The van der Waals surface area contributed by atoms with Gasteiger partial charge in [-0.05, 0) is 13.0 Å². The minimum atomic E-state index is -5.03. The van der Waals surface area contributed by atoms with Crippen molar-refractivity contribution in [3.8, 4) is 5.88 Å². The van der Waals surface area contributed by atoms with Crippen LogP contribution in [0.5, 0.6) is 5.88 Å². The highest BCUT2D eigenvalue weighted by Crippen LogP contribution is 2.24. The van der Waals surface area contributed by atoms with E-state index in [9.17, 15) is 22.8 Å². The van der Waals surface area contributed by atoms with Crippen LogP contribution in [0.25, 0.3) is 0 Å². The van der Waals surface area contributed by atoms with Gasteiger partial charge in [-0.3, -0.25) is 9.78 Å². The summed E-state index contributed by atoms with van der Waals surface area (Å²) in [6, 6.07) is 0.993. The number of H-pyrrole nitrogens is 1. The van der Waals surface area contributed by atoms with Crippen molar-refractivity contribution in [2.75, 3.05) is 6.61 Å². The van der Waals surface area contributed by atoms with E-state index in [0.29, 0.717) is 0 Å². The molecule has 0 aliphatic rings. The van der Waals surface area contributed by atoms with Gasteiger partial charge in [0.2, 0.25) is 5.88 Å². The fourth-order valence-electron chi connectivity index (χ4n) is 1.21. The Kier molecular flexibility index (Phi) is 4.98. The zero-order valence-corrected chi connectivity index (χ0v) is 11.2. The molecule has 0 unspecified atom stereocenters. The van der Waals surface area contributed by atoms with Gasteiger partial charge in [0.1, 0.15) is 5.56 Å². The molecule has 0 atom stereocenters. The number of hydrogen-bond acceptors (Lipinski definition) is 4. The Labute approximate surface area is 113 Å². The molecular formula is C10H9BrF3NO4. The van der Waals surface area contributed by atoms with Crippen molar-refractivity contribution >= 4 is 21.9 Å². The molecular weight excluding hydrogens is 335 g/mol. The second-order valence-electron chi connectivity index (χ2n) is 3.27. The third-order valence-electron chi connectivity index (χ3n) is 1.94. The van der Waals surface area contributed by atoms with Crippen LogP contribution in [0.3, 0.4) is 0 Å². The van der Waals surface area contributed by atoms with Gasteiger partial charge in [-0.15, -0.1) is 13.2 Å². The smallest absolute Gasteiger partial charge is 0.462 e. The van der Waals surface area contributed by atoms with Gasteiger partial charge in [-0.25, -0.2) is 4.79 Å². The summed E-state index contributed by atoms with van der Waals surface area (Å²) in [5.41, 5.74) is -1.20. The molecule has 0 amide bonds. The monoisotopic (exact) mass is 343 g/mol. The third kappa shape index (κ3) is 4.27. The molecule has 0 spiro atoms. The van der Waals surface area contributed by atoms with Crippen molar-refractivity contribution in [1.82, 2.24) is 4.98 Å². The Morgan fingerprint density at radius 2 is 2.11 bits per heavy atom. The Balaban J connectivity index is 3.30. The Bertz CT molecular complexity index is 526. The molecule has 0 bridgehead atoms. The predicted molar refractivity (Wildman–Crippen MR) is 62.3 cm³/mol. The fourth-order valence-corrected chi connectivity index (χ4v) is 1.63. The van der Waals surface area contributed by atoms with Gasteiger partial charge in [0, 0.05) is 10.9 Å². The number of nitrogens with one attached hydrogen (secondary N) is 1. The number of aromatic amines is 1. The van der Waals surface area contributed by atoms with Gasteiger partial charge in [0.05, 0.1) is 6.61 Å². The molecule has 0 aliphatic carbocycles. The number of alkyl halides is 4. The van der Waals surface area contributed by atoms with Crippen LogP contribution in [0.1, 0.15) is 22.8 Å². The third-order valence-corrected chi connectivity index (χ3v) is 2.54. The fraction of sp³-hybridized carbons (Fsp3) is 0.400.